The molecule has 1 aromatic heterocycles. The summed E-state index contributed by atoms with van der Waals surface area (Å²) in [6.07, 6.45) is 3.64. The molecule has 0 saturated carbocycles. The molecule has 1 aromatic carbocycles. The molecule has 0 bridgehead atoms. The second-order valence-corrected chi connectivity index (χ2v) is 6.40. The molecule has 6 nitrogen and oxygen atoms in total. The number of methoxy groups -OCH3 is 1. The highest BCUT2D eigenvalue weighted by molar-refractivity contribution is 5.32. The minimum absolute atomic E-state index is 0.0101. The number of benzene rings is 1. The van der Waals surface area contributed by atoms with Crippen molar-refractivity contribution >= 4 is 5.82 Å². The predicted molar refractivity (Wildman–Crippen MR) is 92.4 cm³/mol. The topological polar surface area (TPSA) is 84.5 Å². The molecular weight excluding hydrogens is 304 g/mol. The number of likely N-dealkylation sites (tertiary alicyclic amines) is 1. The molecule has 1 aliphatic rings. The molecule has 3 rings (SSSR count). The van der Waals surface area contributed by atoms with E-state index < -0.39 is 5.60 Å². The van der Waals surface area contributed by atoms with Gasteiger partial charge in [-0.1, -0.05) is 12.1 Å². The average Bonchev–Trinajstić information content (AvgIpc) is 3.04. The number of nitrogens with zero attached hydrogens (tertiary/aromatic N) is 3. The van der Waals surface area contributed by atoms with Gasteiger partial charge in [0.2, 0.25) is 0 Å². The van der Waals surface area contributed by atoms with Crippen molar-refractivity contribution in [2.45, 2.75) is 38.0 Å². The van der Waals surface area contributed by atoms with Gasteiger partial charge >= 0.3 is 0 Å². The Bertz CT molecular complexity index is 688. The van der Waals surface area contributed by atoms with Crippen LogP contribution in [0.15, 0.2) is 36.5 Å². The Morgan fingerprint density at radius 2 is 2.08 bits per heavy atom. The first-order valence-corrected chi connectivity index (χ1v) is 8.19. The van der Waals surface area contributed by atoms with Gasteiger partial charge in [-0.3, -0.25) is 4.90 Å². The fourth-order valence-corrected chi connectivity index (χ4v) is 3.45. The summed E-state index contributed by atoms with van der Waals surface area (Å²) in [6.45, 7) is 3.37. The maximum Gasteiger partial charge on any atom is 0.144 e. The monoisotopic (exact) mass is 328 g/mol. The number of hydrogen-bond acceptors (Lipinski definition) is 6. The summed E-state index contributed by atoms with van der Waals surface area (Å²) < 4.78 is 5.20. The van der Waals surface area contributed by atoms with Gasteiger partial charge in [-0.2, -0.15) is 0 Å². The number of rotatable bonds is 5. The van der Waals surface area contributed by atoms with Crippen molar-refractivity contribution < 1.29 is 9.84 Å². The van der Waals surface area contributed by atoms with Gasteiger partial charge in [-0.05, 0) is 50.1 Å². The van der Waals surface area contributed by atoms with Crippen LogP contribution in [0.4, 0.5) is 5.82 Å². The van der Waals surface area contributed by atoms with Crippen LogP contribution in [-0.4, -0.2) is 39.7 Å². The van der Waals surface area contributed by atoms with Crippen LogP contribution in [0.25, 0.3) is 0 Å². The third-order valence-electron chi connectivity index (χ3n) is 4.76. The SMILES string of the molecule is COc1ccc([C@@](C)(O)[C@H]2CCCN2Cc2nccc(N)n2)cc1. The number of anilines is 1. The Kier molecular flexibility index (Phi) is 4.69. The summed E-state index contributed by atoms with van der Waals surface area (Å²) in [6, 6.07) is 9.29. The van der Waals surface area contributed by atoms with Gasteiger partial charge in [0.25, 0.3) is 0 Å². The fraction of sp³-hybridized carbons (Fsp3) is 0.444. The number of nitrogen functional groups attached to an aromatic ring is 1. The van der Waals surface area contributed by atoms with Gasteiger partial charge in [-0.25, -0.2) is 9.97 Å². The highest BCUT2D eigenvalue weighted by Gasteiger charge is 2.40. The maximum atomic E-state index is 11.2. The zero-order valence-electron chi connectivity index (χ0n) is 14.1. The average molecular weight is 328 g/mol. The summed E-state index contributed by atoms with van der Waals surface area (Å²) in [4.78, 5) is 10.8. The number of aliphatic hydroxyl groups is 1. The Morgan fingerprint density at radius 1 is 1.33 bits per heavy atom. The lowest BCUT2D eigenvalue weighted by Gasteiger charge is -2.36. The standard InChI is InChI=1S/C18H24N4O2/c1-18(23,13-5-7-14(24-2)8-6-13)15-4-3-11-22(15)12-17-20-10-9-16(19)21-17/h5-10,15,23H,3-4,11-12H2,1-2H3,(H2,19,20,21)/t15-,18-/m1/s1. The van der Waals surface area contributed by atoms with Crippen molar-refractivity contribution in [2.24, 2.45) is 0 Å². The Morgan fingerprint density at radius 3 is 2.75 bits per heavy atom. The van der Waals surface area contributed by atoms with E-state index in [4.69, 9.17) is 10.5 Å². The first-order valence-electron chi connectivity index (χ1n) is 8.19. The number of nitrogens with two attached hydrogens (primary N) is 1. The molecule has 2 atom stereocenters. The largest absolute Gasteiger partial charge is 0.497 e. The summed E-state index contributed by atoms with van der Waals surface area (Å²) in [5.41, 5.74) is 5.67. The van der Waals surface area contributed by atoms with E-state index in [1.54, 1.807) is 19.4 Å². The van der Waals surface area contributed by atoms with Gasteiger partial charge in [0.1, 0.15) is 23.0 Å². The molecule has 1 aliphatic heterocycles. The highest BCUT2D eigenvalue weighted by Crippen LogP contribution is 2.35. The molecule has 0 spiro atoms. The fourth-order valence-electron chi connectivity index (χ4n) is 3.45. The van der Waals surface area contributed by atoms with E-state index in [1.165, 1.54) is 0 Å². The van der Waals surface area contributed by atoms with E-state index in [9.17, 15) is 5.11 Å². The van der Waals surface area contributed by atoms with E-state index in [0.29, 0.717) is 18.2 Å². The molecule has 2 heterocycles. The number of hydrogen-bond donors (Lipinski definition) is 2. The van der Waals surface area contributed by atoms with Crippen molar-refractivity contribution in [1.29, 1.82) is 0 Å². The summed E-state index contributed by atoms with van der Waals surface area (Å²) in [5, 5.41) is 11.2. The number of aromatic nitrogens is 2. The highest BCUT2D eigenvalue weighted by atomic mass is 16.5. The Hall–Kier alpha value is -2.18. The van der Waals surface area contributed by atoms with Crippen molar-refractivity contribution in [3.63, 3.8) is 0 Å². The Labute approximate surface area is 142 Å². The summed E-state index contributed by atoms with van der Waals surface area (Å²) in [5.74, 6) is 1.94. The molecule has 0 unspecified atom stereocenters. The molecule has 128 valence electrons. The second kappa shape index (κ2) is 6.75. The molecule has 1 fully saturated rings. The summed E-state index contributed by atoms with van der Waals surface area (Å²) in [7, 11) is 1.64. The molecule has 0 radical (unpaired) electrons. The molecule has 24 heavy (non-hydrogen) atoms. The van der Waals surface area contributed by atoms with Gasteiger partial charge in [0.15, 0.2) is 0 Å². The van der Waals surface area contributed by atoms with E-state index in [0.717, 1.165) is 30.7 Å². The van der Waals surface area contributed by atoms with E-state index in [-0.39, 0.29) is 6.04 Å². The lowest BCUT2D eigenvalue weighted by Crippen LogP contribution is -2.45. The molecule has 6 heteroatoms. The zero-order valence-corrected chi connectivity index (χ0v) is 14.1. The molecule has 0 amide bonds. The normalized spacial score (nSPS) is 20.7. The van der Waals surface area contributed by atoms with Crippen molar-refractivity contribution in [3.05, 3.63) is 47.9 Å². The van der Waals surface area contributed by atoms with Crippen molar-refractivity contribution in [1.82, 2.24) is 14.9 Å². The molecule has 3 N–H and O–H groups in total. The van der Waals surface area contributed by atoms with Gasteiger partial charge in [0.05, 0.1) is 13.7 Å². The Balaban J connectivity index is 1.80. The molecular formula is C18H24N4O2. The van der Waals surface area contributed by atoms with Crippen LogP contribution < -0.4 is 10.5 Å². The molecule has 0 aliphatic carbocycles. The smallest absolute Gasteiger partial charge is 0.144 e. The van der Waals surface area contributed by atoms with Crippen LogP contribution in [0.3, 0.4) is 0 Å². The van der Waals surface area contributed by atoms with Gasteiger partial charge in [0, 0.05) is 12.2 Å². The van der Waals surface area contributed by atoms with Crippen molar-refractivity contribution in [2.75, 3.05) is 19.4 Å². The molecule has 1 saturated heterocycles. The van der Waals surface area contributed by atoms with Crippen LogP contribution >= 0.6 is 0 Å². The van der Waals surface area contributed by atoms with Crippen LogP contribution in [0.5, 0.6) is 5.75 Å². The van der Waals surface area contributed by atoms with Crippen LogP contribution in [0.2, 0.25) is 0 Å². The van der Waals surface area contributed by atoms with Crippen LogP contribution in [-0.2, 0) is 12.1 Å². The van der Waals surface area contributed by atoms with Crippen LogP contribution in [0, 0.1) is 0 Å². The first-order chi connectivity index (χ1) is 11.5. The zero-order chi connectivity index (χ0) is 17.2. The minimum Gasteiger partial charge on any atom is -0.497 e. The van der Waals surface area contributed by atoms with E-state index in [2.05, 4.69) is 14.9 Å². The lowest BCUT2D eigenvalue weighted by molar-refractivity contribution is -0.0261. The lowest BCUT2D eigenvalue weighted by atomic mass is 9.86. The van der Waals surface area contributed by atoms with Gasteiger partial charge < -0.3 is 15.6 Å². The third-order valence-corrected chi connectivity index (χ3v) is 4.76. The predicted octanol–water partition coefficient (Wildman–Crippen LogP) is 1.94. The first kappa shape index (κ1) is 16.7. The van der Waals surface area contributed by atoms with E-state index in [1.807, 2.05) is 31.2 Å². The van der Waals surface area contributed by atoms with Gasteiger partial charge in [-0.15, -0.1) is 0 Å². The van der Waals surface area contributed by atoms with Crippen LogP contribution in [0.1, 0.15) is 31.2 Å². The molecule has 2 aromatic rings. The maximum absolute atomic E-state index is 11.2. The quantitative estimate of drug-likeness (QED) is 0.872. The summed E-state index contributed by atoms with van der Waals surface area (Å²) >= 11 is 0. The number of ether oxygens (including phenoxy) is 1. The minimum atomic E-state index is -0.955. The second-order valence-electron chi connectivity index (χ2n) is 6.40. The van der Waals surface area contributed by atoms with Crippen molar-refractivity contribution in [3.8, 4) is 5.75 Å². The third kappa shape index (κ3) is 3.34. The van der Waals surface area contributed by atoms with E-state index >= 15 is 0 Å².